The van der Waals surface area contributed by atoms with Crippen molar-refractivity contribution in [2.75, 3.05) is 33.3 Å². The Hall–Kier alpha value is -2.05. The quantitative estimate of drug-likeness (QED) is 0.707. The molecule has 0 spiro atoms. The molecule has 0 saturated carbocycles. The van der Waals surface area contributed by atoms with E-state index in [4.69, 9.17) is 4.74 Å². The Morgan fingerprint density at radius 3 is 2.52 bits per heavy atom. The van der Waals surface area contributed by atoms with E-state index in [0.717, 1.165) is 23.5 Å². The van der Waals surface area contributed by atoms with Crippen LogP contribution in [0, 0.1) is 5.82 Å². The lowest BCUT2D eigenvalue weighted by Crippen LogP contribution is -2.50. The maximum Gasteiger partial charge on any atom is 0.235 e. The summed E-state index contributed by atoms with van der Waals surface area (Å²) in [5.74, 6) is 0.612. The average Bonchev–Trinajstić information content (AvgIpc) is 2.69. The lowest BCUT2D eigenvalue weighted by molar-refractivity contribution is -0.132. The van der Waals surface area contributed by atoms with Crippen LogP contribution in [0.4, 0.5) is 4.39 Å². The molecule has 1 amide bonds. The van der Waals surface area contributed by atoms with Crippen LogP contribution in [0.1, 0.15) is 12.5 Å². The van der Waals surface area contributed by atoms with Crippen molar-refractivity contribution in [2.24, 2.45) is 0 Å². The second-order valence-electron chi connectivity index (χ2n) is 6.63. The van der Waals surface area contributed by atoms with Gasteiger partial charge in [-0.2, -0.15) is 0 Å². The van der Waals surface area contributed by atoms with E-state index in [0.29, 0.717) is 25.4 Å². The Labute approximate surface area is 164 Å². The van der Waals surface area contributed by atoms with E-state index in [1.165, 1.54) is 12.1 Å². The summed E-state index contributed by atoms with van der Waals surface area (Å²) in [6, 6.07) is 14.6. The number of halogens is 1. The molecule has 2 aromatic rings. The minimum absolute atomic E-state index is 0.109. The summed E-state index contributed by atoms with van der Waals surface area (Å²) in [6.07, 6.45) is 0. The molecule has 1 heterocycles. The van der Waals surface area contributed by atoms with Crippen molar-refractivity contribution in [3.8, 4) is 5.75 Å². The van der Waals surface area contributed by atoms with Gasteiger partial charge in [0.2, 0.25) is 5.91 Å². The zero-order valence-electron chi connectivity index (χ0n) is 15.7. The zero-order chi connectivity index (χ0) is 19.2. The molecule has 144 valence electrons. The van der Waals surface area contributed by atoms with Gasteiger partial charge in [0.1, 0.15) is 11.6 Å². The van der Waals surface area contributed by atoms with Crippen molar-refractivity contribution >= 4 is 17.7 Å². The van der Waals surface area contributed by atoms with Crippen molar-refractivity contribution in [2.45, 2.75) is 23.6 Å². The molecule has 0 aliphatic carbocycles. The number of benzene rings is 2. The Bertz CT molecular complexity index is 764. The van der Waals surface area contributed by atoms with Crippen LogP contribution in [0.15, 0.2) is 53.4 Å². The maximum atomic E-state index is 13.5. The third-order valence-electron chi connectivity index (χ3n) is 4.72. The number of rotatable bonds is 6. The predicted octanol–water partition coefficient (Wildman–Crippen LogP) is 3.66. The fraction of sp³-hybridized carbons (Fsp3) is 0.381. The first kappa shape index (κ1) is 19.7. The molecule has 1 atom stereocenters. The number of ether oxygens (including phenoxy) is 1. The van der Waals surface area contributed by atoms with Crippen molar-refractivity contribution in [3.63, 3.8) is 0 Å². The van der Waals surface area contributed by atoms with E-state index in [1.807, 2.05) is 42.2 Å². The van der Waals surface area contributed by atoms with E-state index < -0.39 is 0 Å². The second kappa shape index (κ2) is 9.24. The van der Waals surface area contributed by atoms with E-state index in [-0.39, 0.29) is 17.0 Å². The fourth-order valence-electron chi connectivity index (χ4n) is 3.25. The molecule has 6 heteroatoms. The van der Waals surface area contributed by atoms with Gasteiger partial charge in [-0.1, -0.05) is 18.2 Å². The molecule has 2 aromatic carbocycles. The molecule has 0 unspecified atom stereocenters. The minimum atomic E-state index is -0.258. The Morgan fingerprint density at radius 1 is 1.15 bits per heavy atom. The van der Waals surface area contributed by atoms with Crippen LogP contribution >= 0.6 is 11.8 Å². The van der Waals surface area contributed by atoms with Gasteiger partial charge < -0.3 is 9.64 Å². The summed E-state index contributed by atoms with van der Waals surface area (Å²) in [4.78, 5) is 18.0. The molecular weight excluding hydrogens is 363 g/mol. The molecule has 1 fully saturated rings. The summed E-state index contributed by atoms with van der Waals surface area (Å²) < 4.78 is 18.9. The summed E-state index contributed by atoms with van der Waals surface area (Å²) in [5, 5.41) is -0.109. The van der Waals surface area contributed by atoms with E-state index in [9.17, 15) is 9.18 Å². The van der Waals surface area contributed by atoms with Crippen molar-refractivity contribution in [3.05, 3.63) is 59.9 Å². The average molecular weight is 389 g/mol. The molecule has 0 radical (unpaired) electrons. The lowest BCUT2D eigenvalue weighted by Gasteiger charge is -2.36. The first-order valence-corrected chi connectivity index (χ1v) is 10.00. The van der Waals surface area contributed by atoms with Crippen molar-refractivity contribution < 1.29 is 13.9 Å². The summed E-state index contributed by atoms with van der Waals surface area (Å²) in [6.45, 7) is 5.51. The van der Waals surface area contributed by atoms with Crippen LogP contribution < -0.4 is 4.74 Å². The number of nitrogens with zero attached hydrogens (tertiary/aromatic N) is 2. The van der Waals surface area contributed by atoms with E-state index in [2.05, 4.69) is 4.90 Å². The van der Waals surface area contributed by atoms with Crippen molar-refractivity contribution in [1.29, 1.82) is 0 Å². The number of thioether (sulfide) groups is 1. The second-order valence-corrected chi connectivity index (χ2v) is 8.04. The van der Waals surface area contributed by atoms with Crippen LogP contribution in [-0.4, -0.2) is 54.2 Å². The summed E-state index contributed by atoms with van der Waals surface area (Å²) in [7, 11) is 1.60. The topological polar surface area (TPSA) is 32.8 Å². The van der Waals surface area contributed by atoms with E-state index in [1.54, 1.807) is 24.9 Å². The fourth-order valence-corrected chi connectivity index (χ4v) is 4.22. The first-order chi connectivity index (χ1) is 13.1. The highest BCUT2D eigenvalue weighted by Gasteiger charge is 2.26. The van der Waals surface area contributed by atoms with Gasteiger partial charge in [-0.05, 0) is 37.3 Å². The monoisotopic (exact) mass is 388 g/mol. The smallest absolute Gasteiger partial charge is 0.235 e. The van der Waals surface area contributed by atoms with Gasteiger partial charge in [0.15, 0.2) is 0 Å². The highest BCUT2D eigenvalue weighted by Crippen LogP contribution is 2.25. The molecule has 3 rings (SSSR count). The summed E-state index contributed by atoms with van der Waals surface area (Å²) >= 11 is 1.59. The molecule has 1 saturated heterocycles. The number of piperazine rings is 1. The Morgan fingerprint density at radius 2 is 1.85 bits per heavy atom. The van der Waals surface area contributed by atoms with E-state index >= 15 is 0 Å². The standard InChI is InChI=1S/C21H25FN2O2S/c1-16(27-19-6-4-3-5-7-19)21(25)24-12-10-23(11-13-24)15-17-14-18(22)8-9-20(17)26-2/h3-9,14,16H,10-13,15H2,1-2H3/t16-/m0/s1. The molecule has 0 bridgehead atoms. The molecule has 27 heavy (non-hydrogen) atoms. The molecule has 1 aliphatic rings. The third-order valence-corrected chi connectivity index (χ3v) is 5.82. The Balaban J connectivity index is 1.52. The molecular formula is C21H25FN2O2S. The number of hydrogen-bond donors (Lipinski definition) is 0. The molecule has 0 N–H and O–H groups in total. The zero-order valence-corrected chi connectivity index (χ0v) is 16.5. The van der Waals surface area contributed by atoms with Crippen LogP contribution in [0.25, 0.3) is 0 Å². The van der Waals surface area contributed by atoms with Gasteiger partial charge in [-0.3, -0.25) is 9.69 Å². The summed E-state index contributed by atoms with van der Waals surface area (Å²) in [5.41, 5.74) is 0.838. The van der Waals surface area contributed by atoms with Crippen molar-refractivity contribution in [1.82, 2.24) is 9.80 Å². The van der Waals surface area contributed by atoms with Gasteiger partial charge in [-0.15, -0.1) is 11.8 Å². The number of carbonyl (C=O) groups is 1. The van der Waals surface area contributed by atoms with Gasteiger partial charge in [-0.25, -0.2) is 4.39 Å². The van der Waals surface area contributed by atoms with Gasteiger partial charge in [0.25, 0.3) is 0 Å². The molecule has 4 nitrogen and oxygen atoms in total. The SMILES string of the molecule is COc1ccc(F)cc1CN1CCN(C(=O)[C@H](C)Sc2ccccc2)CC1. The van der Waals surface area contributed by atoms with Gasteiger partial charge in [0.05, 0.1) is 12.4 Å². The number of carbonyl (C=O) groups excluding carboxylic acids is 1. The number of methoxy groups -OCH3 is 1. The maximum absolute atomic E-state index is 13.5. The molecule has 0 aromatic heterocycles. The Kier molecular flexibility index (Phi) is 6.74. The van der Waals surface area contributed by atoms with Crippen LogP contribution in [0.2, 0.25) is 0 Å². The van der Waals surface area contributed by atoms with Gasteiger partial charge >= 0.3 is 0 Å². The number of hydrogen-bond acceptors (Lipinski definition) is 4. The predicted molar refractivity (Wildman–Crippen MR) is 107 cm³/mol. The lowest BCUT2D eigenvalue weighted by atomic mass is 10.1. The minimum Gasteiger partial charge on any atom is -0.496 e. The third kappa shape index (κ3) is 5.23. The van der Waals surface area contributed by atoms with Crippen LogP contribution in [0.5, 0.6) is 5.75 Å². The van der Waals surface area contributed by atoms with Crippen LogP contribution in [0.3, 0.4) is 0 Å². The molecule has 1 aliphatic heterocycles. The van der Waals surface area contributed by atoms with Gasteiger partial charge in [0, 0.05) is 43.2 Å². The highest BCUT2D eigenvalue weighted by atomic mass is 32.2. The number of amides is 1. The highest BCUT2D eigenvalue weighted by molar-refractivity contribution is 8.00. The first-order valence-electron chi connectivity index (χ1n) is 9.12. The largest absolute Gasteiger partial charge is 0.496 e. The van der Waals surface area contributed by atoms with Crippen LogP contribution in [-0.2, 0) is 11.3 Å². The normalized spacial score (nSPS) is 16.2.